The molecule has 0 saturated heterocycles. The van der Waals surface area contributed by atoms with Gasteiger partial charge >= 0.3 is 0 Å². The molecule has 0 radical (unpaired) electrons. The fourth-order valence-corrected chi connectivity index (χ4v) is 4.09. The lowest BCUT2D eigenvalue weighted by Crippen LogP contribution is -2.38. The van der Waals surface area contributed by atoms with Gasteiger partial charge in [0.2, 0.25) is 5.91 Å². The number of thioether (sulfide) groups is 1. The summed E-state index contributed by atoms with van der Waals surface area (Å²) in [4.78, 5) is 14.8. The summed E-state index contributed by atoms with van der Waals surface area (Å²) in [5.74, 6) is 1.82. The third-order valence-corrected chi connectivity index (χ3v) is 5.48. The average molecular weight is 411 g/mol. The van der Waals surface area contributed by atoms with E-state index in [0.29, 0.717) is 6.54 Å². The molecule has 0 spiro atoms. The smallest absolute Gasteiger partial charge is 0.237 e. The van der Waals surface area contributed by atoms with Crippen LogP contribution in [0.1, 0.15) is 20.8 Å². The Kier molecular flexibility index (Phi) is 6.93. The lowest BCUT2D eigenvalue weighted by Gasteiger charge is -2.26. The van der Waals surface area contributed by atoms with Crippen LogP contribution >= 0.6 is 11.8 Å². The molecule has 1 heterocycles. The first-order valence-electron chi connectivity index (χ1n) is 9.63. The van der Waals surface area contributed by atoms with E-state index in [1.807, 2.05) is 84.8 Å². The minimum atomic E-state index is 0.0423. The molecule has 0 aliphatic rings. The molecule has 0 saturated carbocycles. The second kappa shape index (κ2) is 9.60. The van der Waals surface area contributed by atoms with Gasteiger partial charge in [-0.25, -0.2) is 0 Å². The number of nitrogens with zero attached hydrogens (tertiary/aromatic N) is 4. The lowest BCUT2D eigenvalue weighted by atomic mass is 10.2. The van der Waals surface area contributed by atoms with Gasteiger partial charge in [-0.05, 0) is 45.0 Å². The van der Waals surface area contributed by atoms with Gasteiger partial charge < -0.3 is 14.2 Å². The van der Waals surface area contributed by atoms with E-state index in [1.165, 1.54) is 11.8 Å². The Morgan fingerprint density at radius 3 is 2.45 bits per heavy atom. The molecule has 0 N–H and O–H groups in total. The highest BCUT2D eigenvalue weighted by Crippen LogP contribution is 2.31. The van der Waals surface area contributed by atoms with Crippen LogP contribution in [-0.4, -0.2) is 39.6 Å². The van der Waals surface area contributed by atoms with Crippen molar-refractivity contribution in [3.05, 3.63) is 54.6 Å². The molecule has 1 amide bonds. The quantitative estimate of drug-likeness (QED) is 0.512. The lowest BCUT2D eigenvalue weighted by molar-refractivity contribution is -0.116. The number of carbonyl (C=O) groups excluding carboxylic acids is 1. The van der Waals surface area contributed by atoms with Crippen molar-refractivity contribution in [3.8, 4) is 17.1 Å². The van der Waals surface area contributed by atoms with Gasteiger partial charge in [0.15, 0.2) is 11.0 Å². The molecule has 3 rings (SSSR count). The van der Waals surface area contributed by atoms with Crippen molar-refractivity contribution in [2.24, 2.45) is 0 Å². The summed E-state index contributed by atoms with van der Waals surface area (Å²) in [6.45, 7) is 6.77. The van der Waals surface area contributed by atoms with E-state index in [1.54, 1.807) is 7.11 Å². The van der Waals surface area contributed by atoms with Crippen LogP contribution in [0.4, 0.5) is 5.69 Å². The molecule has 0 atom stereocenters. The summed E-state index contributed by atoms with van der Waals surface area (Å²) in [5, 5.41) is 9.43. The van der Waals surface area contributed by atoms with Crippen LogP contribution in [0.2, 0.25) is 0 Å². The Labute approximate surface area is 175 Å². The van der Waals surface area contributed by atoms with E-state index in [0.717, 1.165) is 28.0 Å². The first kappa shape index (κ1) is 20.9. The third kappa shape index (κ3) is 4.62. The molecular weight excluding hydrogens is 384 g/mol. The summed E-state index contributed by atoms with van der Waals surface area (Å²) >= 11 is 1.41. The van der Waals surface area contributed by atoms with Crippen molar-refractivity contribution in [2.75, 3.05) is 17.8 Å². The highest BCUT2D eigenvalue weighted by atomic mass is 32.2. The minimum absolute atomic E-state index is 0.0423. The zero-order valence-corrected chi connectivity index (χ0v) is 18.0. The molecule has 0 unspecified atom stereocenters. The van der Waals surface area contributed by atoms with Crippen LogP contribution in [0, 0.1) is 0 Å². The summed E-state index contributed by atoms with van der Waals surface area (Å²) < 4.78 is 7.48. The van der Waals surface area contributed by atoms with Gasteiger partial charge in [0.1, 0.15) is 5.75 Å². The van der Waals surface area contributed by atoms with E-state index in [-0.39, 0.29) is 17.7 Å². The fraction of sp³-hybridized carbons (Fsp3) is 0.318. The van der Waals surface area contributed by atoms with Gasteiger partial charge in [-0.15, -0.1) is 10.2 Å². The number of ether oxygens (including phenoxy) is 1. The summed E-state index contributed by atoms with van der Waals surface area (Å²) in [7, 11) is 1.64. The van der Waals surface area contributed by atoms with Crippen LogP contribution in [0.5, 0.6) is 5.75 Å². The zero-order chi connectivity index (χ0) is 20.8. The van der Waals surface area contributed by atoms with E-state index in [4.69, 9.17) is 4.74 Å². The van der Waals surface area contributed by atoms with E-state index in [9.17, 15) is 4.79 Å². The maximum Gasteiger partial charge on any atom is 0.237 e. The Morgan fingerprint density at radius 2 is 1.79 bits per heavy atom. The van der Waals surface area contributed by atoms with Gasteiger partial charge in [0.05, 0.1) is 18.4 Å². The molecule has 0 aliphatic carbocycles. The Morgan fingerprint density at radius 1 is 1.10 bits per heavy atom. The van der Waals surface area contributed by atoms with Crippen molar-refractivity contribution in [2.45, 2.75) is 38.5 Å². The van der Waals surface area contributed by atoms with Crippen LogP contribution in [0.15, 0.2) is 59.8 Å². The number of benzene rings is 2. The summed E-state index contributed by atoms with van der Waals surface area (Å²) in [6, 6.07) is 17.6. The number of para-hydroxylation sites is 2. The number of hydrogen-bond donors (Lipinski definition) is 0. The second-order valence-electron chi connectivity index (χ2n) is 6.73. The predicted molar refractivity (Wildman–Crippen MR) is 117 cm³/mol. The van der Waals surface area contributed by atoms with Gasteiger partial charge in [0, 0.05) is 18.3 Å². The Balaban J connectivity index is 1.80. The fourth-order valence-electron chi connectivity index (χ4n) is 3.22. The van der Waals surface area contributed by atoms with Crippen LogP contribution in [-0.2, 0) is 11.3 Å². The molecule has 7 heteroatoms. The molecule has 0 aliphatic heterocycles. The first-order chi connectivity index (χ1) is 14.1. The SMILES string of the molecule is CCn1c(SCC(=O)N(c2ccccc2)C(C)C)nnc1-c1ccccc1OC. The third-order valence-electron chi connectivity index (χ3n) is 4.53. The second-order valence-corrected chi connectivity index (χ2v) is 7.67. The molecule has 3 aromatic rings. The van der Waals surface area contributed by atoms with Gasteiger partial charge in [-0.2, -0.15) is 0 Å². The number of aromatic nitrogens is 3. The van der Waals surface area contributed by atoms with Crippen LogP contribution in [0.3, 0.4) is 0 Å². The monoisotopic (exact) mass is 410 g/mol. The normalized spacial score (nSPS) is 10.9. The molecule has 0 bridgehead atoms. The van der Waals surface area contributed by atoms with Gasteiger partial charge in [0.25, 0.3) is 0 Å². The highest BCUT2D eigenvalue weighted by molar-refractivity contribution is 7.99. The van der Waals surface area contributed by atoms with Crippen molar-refractivity contribution < 1.29 is 9.53 Å². The van der Waals surface area contributed by atoms with Crippen molar-refractivity contribution in [1.29, 1.82) is 0 Å². The summed E-state index contributed by atoms with van der Waals surface area (Å²) in [6.07, 6.45) is 0. The summed E-state index contributed by atoms with van der Waals surface area (Å²) in [5.41, 5.74) is 1.79. The van der Waals surface area contributed by atoms with Gasteiger partial charge in [-0.1, -0.05) is 42.1 Å². The molecular formula is C22H26N4O2S. The van der Waals surface area contributed by atoms with Crippen LogP contribution < -0.4 is 9.64 Å². The van der Waals surface area contributed by atoms with E-state index < -0.39 is 0 Å². The molecule has 29 heavy (non-hydrogen) atoms. The number of anilines is 1. The zero-order valence-electron chi connectivity index (χ0n) is 17.2. The topological polar surface area (TPSA) is 60.2 Å². The number of methoxy groups -OCH3 is 1. The largest absolute Gasteiger partial charge is 0.496 e. The number of carbonyl (C=O) groups is 1. The van der Waals surface area contributed by atoms with Crippen LogP contribution in [0.25, 0.3) is 11.4 Å². The molecule has 0 fully saturated rings. The number of rotatable bonds is 8. The first-order valence-corrected chi connectivity index (χ1v) is 10.6. The number of amides is 1. The maximum atomic E-state index is 13.0. The molecule has 2 aromatic carbocycles. The minimum Gasteiger partial charge on any atom is -0.496 e. The highest BCUT2D eigenvalue weighted by Gasteiger charge is 2.21. The van der Waals surface area contributed by atoms with Crippen molar-refractivity contribution >= 4 is 23.4 Å². The average Bonchev–Trinajstić information content (AvgIpc) is 3.15. The molecule has 6 nitrogen and oxygen atoms in total. The molecule has 152 valence electrons. The number of hydrogen-bond acceptors (Lipinski definition) is 5. The van der Waals surface area contributed by atoms with Crippen molar-refractivity contribution in [3.63, 3.8) is 0 Å². The predicted octanol–water partition coefficient (Wildman–Crippen LogP) is 4.51. The Hall–Kier alpha value is -2.80. The molecule has 1 aromatic heterocycles. The maximum absolute atomic E-state index is 13.0. The van der Waals surface area contributed by atoms with E-state index >= 15 is 0 Å². The van der Waals surface area contributed by atoms with Gasteiger partial charge in [-0.3, -0.25) is 4.79 Å². The standard InChI is InChI=1S/C22H26N4O2S/c1-5-25-21(18-13-9-10-14-19(18)28-4)23-24-22(25)29-15-20(27)26(16(2)3)17-11-7-6-8-12-17/h6-14,16H,5,15H2,1-4H3. The Bertz CT molecular complexity index is 956. The van der Waals surface area contributed by atoms with E-state index in [2.05, 4.69) is 10.2 Å². The van der Waals surface area contributed by atoms with Crippen molar-refractivity contribution in [1.82, 2.24) is 14.8 Å².